The minimum Gasteiger partial charge on any atom is -0.325 e. The number of rotatable bonds is 6. The minimum absolute atomic E-state index is 0.0703. The molecule has 0 saturated carbocycles. The zero-order valence-electron chi connectivity index (χ0n) is 13.8. The zero-order valence-corrected chi connectivity index (χ0v) is 14.7. The quantitative estimate of drug-likeness (QED) is 0.840. The van der Waals surface area contributed by atoms with E-state index in [-0.39, 0.29) is 5.91 Å². The average Bonchev–Trinajstić information content (AvgIpc) is 3.09. The number of hydrogen-bond acceptors (Lipinski definition) is 5. The van der Waals surface area contributed by atoms with Crippen LogP contribution in [0.2, 0.25) is 0 Å². The van der Waals surface area contributed by atoms with Crippen molar-refractivity contribution >= 4 is 28.5 Å². The molecule has 0 bridgehead atoms. The normalized spacial score (nSPS) is 14.3. The molecule has 0 atom stereocenters. The fourth-order valence-corrected chi connectivity index (χ4v) is 3.39. The molecule has 126 valence electrons. The molecule has 2 aromatic rings. The van der Waals surface area contributed by atoms with Crippen LogP contribution in [0.1, 0.15) is 38.3 Å². The Morgan fingerprint density at radius 2 is 2.25 bits per heavy atom. The maximum Gasteiger partial charge on any atom is 0.224 e. The third kappa shape index (κ3) is 4.27. The van der Waals surface area contributed by atoms with Crippen molar-refractivity contribution in [2.24, 2.45) is 0 Å². The third-order valence-corrected chi connectivity index (χ3v) is 4.87. The summed E-state index contributed by atoms with van der Waals surface area (Å²) >= 11 is 1.57. The summed E-state index contributed by atoms with van der Waals surface area (Å²) in [5.41, 5.74) is 3.87. The molecular weight excluding hydrogens is 320 g/mol. The van der Waals surface area contributed by atoms with Crippen LogP contribution in [0.15, 0.2) is 29.9 Å². The topological polar surface area (TPSA) is 66.9 Å². The highest BCUT2D eigenvalue weighted by Crippen LogP contribution is 2.29. The summed E-state index contributed by atoms with van der Waals surface area (Å²) in [6.07, 6.45) is 9.25. The lowest BCUT2D eigenvalue weighted by Crippen LogP contribution is -2.20. The maximum absolute atomic E-state index is 11.8. The lowest BCUT2D eigenvalue weighted by molar-refractivity contribution is -0.116. The first kappa shape index (κ1) is 16.8. The third-order valence-electron chi connectivity index (χ3n) is 3.92. The van der Waals surface area contributed by atoms with E-state index in [1.165, 1.54) is 5.57 Å². The molecular formula is C18H22N4OS. The van der Waals surface area contributed by atoms with Gasteiger partial charge in [-0.25, -0.2) is 4.98 Å². The van der Waals surface area contributed by atoms with Gasteiger partial charge in [-0.1, -0.05) is 19.4 Å². The largest absolute Gasteiger partial charge is 0.325 e. The summed E-state index contributed by atoms with van der Waals surface area (Å²) < 4.78 is 0. The summed E-state index contributed by atoms with van der Waals surface area (Å²) in [6.45, 7) is 3.94. The SMILES string of the molecule is CCCCC(=O)Nc1csc(-c2cncc(C3=CCNCC3)n2)c1. The Balaban J connectivity index is 1.73. The Kier molecular flexibility index (Phi) is 5.72. The smallest absolute Gasteiger partial charge is 0.224 e. The van der Waals surface area contributed by atoms with E-state index in [2.05, 4.69) is 28.6 Å². The van der Waals surface area contributed by atoms with Gasteiger partial charge in [0.2, 0.25) is 5.91 Å². The lowest BCUT2D eigenvalue weighted by atomic mass is 10.1. The van der Waals surface area contributed by atoms with Crippen LogP contribution in [0.25, 0.3) is 16.1 Å². The molecule has 24 heavy (non-hydrogen) atoms. The van der Waals surface area contributed by atoms with Gasteiger partial charge in [-0.2, -0.15) is 0 Å². The molecule has 0 unspecified atom stereocenters. The molecule has 6 heteroatoms. The highest BCUT2D eigenvalue weighted by atomic mass is 32.1. The van der Waals surface area contributed by atoms with Gasteiger partial charge in [0.05, 0.1) is 34.3 Å². The summed E-state index contributed by atoms with van der Waals surface area (Å²) in [5, 5.41) is 8.21. The Labute approximate surface area is 146 Å². The Morgan fingerprint density at radius 3 is 3.04 bits per heavy atom. The summed E-state index contributed by atoms with van der Waals surface area (Å²) in [4.78, 5) is 21.9. The van der Waals surface area contributed by atoms with Crippen molar-refractivity contribution in [2.75, 3.05) is 18.4 Å². The molecule has 1 aliphatic heterocycles. The number of unbranched alkanes of at least 4 members (excludes halogenated alkanes) is 1. The van der Waals surface area contributed by atoms with Crippen molar-refractivity contribution in [3.63, 3.8) is 0 Å². The van der Waals surface area contributed by atoms with Crippen molar-refractivity contribution in [1.29, 1.82) is 0 Å². The van der Waals surface area contributed by atoms with Crippen molar-refractivity contribution in [3.8, 4) is 10.6 Å². The van der Waals surface area contributed by atoms with Crippen LogP contribution >= 0.6 is 11.3 Å². The standard InChI is InChI=1S/C18H22N4OS/c1-2-3-4-18(23)21-14-9-17(24-12-14)16-11-20-10-15(22-16)13-5-7-19-8-6-13/h5,9-12,19H,2-4,6-8H2,1H3,(H,21,23). The van der Waals surface area contributed by atoms with E-state index in [0.29, 0.717) is 6.42 Å². The van der Waals surface area contributed by atoms with Gasteiger partial charge < -0.3 is 10.6 Å². The molecule has 3 rings (SSSR count). The van der Waals surface area contributed by atoms with Gasteiger partial charge in [-0.15, -0.1) is 11.3 Å². The number of aromatic nitrogens is 2. The second-order valence-corrected chi connectivity index (χ2v) is 6.74. The first-order valence-electron chi connectivity index (χ1n) is 8.37. The number of carbonyl (C=O) groups excluding carboxylic acids is 1. The fraction of sp³-hybridized carbons (Fsp3) is 0.389. The molecule has 1 aliphatic rings. The van der Waals surface area contributed by atoms with Crippen LogP contribution in [0.5, 0.6) is 0 Å². The Bertz CT molecular complexity index is 738. The zero-order chi connectivity index (χ0) is 16.8. The number of nitrogens with zero attached hydrogens (tertiary/aromatic N) is 2. The van der Waals surface area contributed by atoms with Crippen molar-refractivity contribution in [2.45, 2.75) is 32.6 Å². The predicted molar refractivity (Wildman–Crippen MR) is 99.0 cm³/mol. The number of nitrogens with one attached hydrogen (secondary N) is 2. The van der Waals surface area contributed by atoms with Gasteiger partial charge >= 0.3 is 0 Å². The number of hydrogen-bond donors (Lipinski definition) is 2. The van der Waals surface area contributed by atoms with E-state index in [9.17, 15) is 4.79 Å². The summed E-state index contributed by atoms with van der Waals surface area (Å²) in [6, 6.07) is 1.97. The predicted octanol–water partition coefficient (Wildman–Crippen LogP) is 3.71. The summed E-state index contributed by atoms with van der Waals surface area (Å²) in [7, 11) is 0. The Morgan fingerprint density at radius 1 is 1.38 bits per heavy atom. The van der Waals surface area contributed by atoms with Gasteiger partial charge in [-0.05, 0) is 31.0 Å². The van der Waals surface area contributed by atoms with E-state index in [1.807, 2.05) is 17.6 Å². The molecule has 2 aromatic heterocycles. The van der Waals surface area contributed by atoms with E-state index < -0.39 is 0 Å². The minimum atomic E-state index is 0.0703. The average molecular weight is 342 g/mol. The van der Waals surface area contributed by atoms with Crippen LogP contribution in [0.3, 0.4) is 0 Å². The molecule has 5 nitrogen and oxygen atoms in total. The maximum atomic E-state index is 11.8. The van der Waals surface area contributed by atoms with Crippen molar-refractivity contribution in [1.82, 2.24) is 15.3 Å². The number of thiophene rings is 1. The molecule has 0 aliphatic carbocycles. The van der Waals surface area contributed by atoms with Crippen molar-refractivity contribution in [3.05, 3.63) is 35.6 Å². The first-order valence-corrected chi connectivity index (χ1v) is 9.25. The molecule has 2 N–H and O–H groups in total. The molecule has 1 amide bonds. The highest BCUT2D eigenvalue weighted by molar-refractivity contribution is 7.14. The van der Waals surface area contributed by atoms with E-state index in [1.54, 1.807) is 17.5 Å². The van der Waals surface area contributed by atoms with Gasteiger partial charge in [0.15, 0.2) is 0 Å². The van der Waals surface area contributed by atoms with E-state index in [4.69, 9.17) is 4.98 Å². The van der Waals surface area contributed by atoms with Gasteiger partial charge in [0.25, 0.3) is 0 Å². The number of anilines is 1. The van der Waals surface area contributed by atoms with Gasteiger partial charge in [0.1, 0.15) is 0 Å². The van der Waals surface area contributed by atoms with E-state index in [0.717, 1.165) is 54.3 Å². The second-order valence-electron chi connectivity index (χ2n) is 5.82. The molecule has 0 radical (unpaired) electrons. The highest BCUT2D eigenvalue weighted by Gasteiger charge is 2.11. The van der Waals surface area contributed by atoms with Crippen LogP contribution in [-0.2, 0) is 4.79 Å². The van der Waals surface area contributed by atoms with Crippen LogP contribution in [0, 0.1) is 0 Å². The number of carbonyl (C=O) groups is 1. The molecule has 0 spiro atoms. The summed E-state index contributed by atoms with van der Waals surface area (Å²) in [5.74, 6) is 0.0703. The second kappa shape index (κ2) is 8.17. The lowest BCUT2D eigenvalue weighted by Gasteiger charge is -2.13. The monoisotopic (exact) mass is 342 g/mol. The fourth-order valence-electron chi connectivity index (χ4n) is 2.59. The van der Waals surface area contributed by atoms with Crippen LogP contribution in [-0.4, -0.2) is 29.0 Å². The van der Waals surface area contributed by atoms with Gasteiger partial charge in [-0.3, -0.25) is 9.78 Å². The van der Waals surface area contributed by atoms with Crippen LogP contribution < -0.4 is 10.6 Å². The number of amides is 1. The Hall–Kier alpha value is -2.05. The van der Waals surface area contributed by atoms with E-state index >= 15 is 0 Å². The molecule has 0 aromatic carbocycles. The van der Waals surface area contributed by atoms with Gasteiger partial charge in [0, 0.05) is 18.3 Å². The van der Waals surface area contributed by atoms with Crippen molar-refractivity contribution < 1.29 is 4.79 Å². The van der Waals surface area contributed by atoms with Crippen LogP contribution in [0.4, 0.5) is 5.69 Å². The molecule has 0 fully saturated rings. The first-order chi connectivity index (χ1) is 11.8. The molecule has 3 heterocycles. The molecule has 0 saturated heterocycles.